The Labute approximate surface area is 95.9 Å². The van der Waals surface area contributed by atoms with E-state index in [4.69, 9.17) is 5.26 Å². The summed E-state index contributed by atoms with van der Waals surface area (Å²) in [5.41, 5.74) is 0.273. The van der Waals surface area contributed by atoms with Crippen LogP contribution in [0.3, 0.4) is 0 Å². The van der Waals surface area contributed by atoms with Crippen molar-refractivity contribution >= 4 is 11.3 Å². The standard InChI is InChI=1S/C12H18N2S/c1-9(12(2,3)4)14-8-11-6-5-10(7-13)15-11/h5-6,9,14H,8H2,1-4H3. The van der Waals surface area contributed by atoms with Crippen LogP contribution in [0.1, 0.15) is 37.4 Å². The molecule has 3 heteroatoms. The third kappa shape index (κ3) is 3.65. The minimum absolute atomic E-state index is 0.273. The maximum absolute atomic E-state index is 8.70. The first-order valence-corrected chi connectivity index (χ1v) is 5.97. The van der Waals surface area contributed by atoms with Gasteiger partial charge in [0.25, 0.3) is 0 Å². The van der Waals surface area contributed by atoms with Crippen LogP contribution >= 0.6 is 11.3 Å². The highest BCUT2D eigenvalue weighted by Crippen LogP contribution is 2.20. The van der Waals surface area contributed by atoms with Gasteiger partial charge in [-0.05, 0) is 24.5 Å². The van der Waals surface area contributed by atoms with Crippen LogP contribution in [0.15, 0.2) is 12.1 Å². The average molecular weight is 222 g/mol. The first-order chi connectivity index (χ1) is 6.93. The fourth-order valence-electron chi connectivity index (χ4n) is 1.09. The second-order valence-electron chi connectivity index (χ2n) is 4.85. The van der Waals surface area contributed by atoms with Crippen LogP contribution < -0.4 is 5.32 Å². The zero-order chi connectivity index (χ0) is 11.5. The van der Waals surface area contributed by atoms with Crippen molar-refractivity contribution in [3.8, 4) is 6.07 Å². The average Bonchev–Trinajstić information content (AvgIpc) is 2.60. The van der Waals surface area contributed by atoms with E-state index in [1.165, 1.54) is 4.88 Å². The zero-order valence-electron chi connectivity index (χ0n) is 9.79. The Morgan fingerprint density at radius 1 is 1.47 bits per heavy atom. The minimum atomic E-state index is 0.273. The topological polar surface area (TPSA) is 35.8 Å². The van der Waals surface area contributed by atoms with E-state index < -0.39 is 0 Å². The summed E-state index contributed by atoms with van der Waals surface area (Å²) in [4.78, 5) is 2.01. The Morgan fingerprint density at radius 3 is 2.60 bits per heavy atom. The van der Waals surface area contributed by atoms with Gasteiger partial charge in [0.2, 0.25) is 0 Å². The number of nitrogens with zero attached hydrogens (tertiary/aromatic N) is 1. The molecule has 0 aliphatic rings. The van der Waals surface area contributed by atoms with E-state index in [0.717, 1.165) is 11.4 Å². The smallest absolute Gasteiger partial charge is 0.110 e. The second kappa shape index (κ2) is 4.78. The van der Waals surface area contributed by atoms with Gasteiger partial charge in [0.05, 0.1) is 0 Å². The summed E-state index contributed by atoms with van der Waals surface area (Å²) in [5, 5.41) is 12.2. The molecule has 0 aliphatic heterocycles. The molecule has 0 radical (unpaired) electrons. The van der Waals surface area contributed by atoms with Crippen LogP contribution in [-0.2, 0) is 6.54 Å². The predicted octanol–water partition coefficient (Wildman–Crippen LogP) is 3.14. The van der Waals surface area contributed by atoms with Crippen LogP contribution in [0, 0.1) is 16.7 Å². The predicted molar refractivity (Wildman–Crippen MR) is 64.8 cm³/mol. The van der Waals surface area contributed by atoms with E-state index in [-0.39, 0.29) is 5.41 Å². The fraction of sp³-hybridized carbons (Fsp3) is 0.583. The Kier molecular flexibility index (Phi) is 3.90. The maximum atomic E-state index is 8.70. The van der Waals surface area contributed by atoms with Gasteiger partial charge in [0.15, 0.2) is 0 Å². The quantitative estimate of drug-likeness (QED) is 0.852. The van der Waals surface area contributed by atoms with Gasteiger partial charge in [-0.15, -0.1) is 11.3 Å². The molecule has 1 rings (SSSR count). The third-order valence-electron chi connectivity index (χ3n) is 2.65. The van der Waals surface area contributed by atoms with E-state index in [1.807, 2.05) is 12.1 Å². The molecular weight excluding hydrogens is 204 g/mol. The van der Waals surface area contributed by atoms with Crippen molar-refractivity contribution in [2.75, 3.05) is 0 Å². The van der Waals surface area contributed by atoms with Gasteiger partial charge in [-0.2, -0.15) is 5.26 Å². The molecule has 0 aliphatic carbocycles. The lowest BCUT2D eigenvalue weighted by atomic mass is 9.88. The summed E-state index contributed by atoms with van der Waals surface area (Å²) in [5.74, 6) is 0. The highest BCUT2D eigenvalue weighted by atomic mass is 32.1. The number of nitrogens with one attached hydrogen (secondary N) is 1. The van der Waals surface area contributed by atoms with Crippen LogP contribution in [0.25, 0.3) is 0 Å². The van der Waals surface area contributed by atoms with Crippen molar-refractivity contribution < 1.29 is 0 Å². The lowest BCUT2D eigenvalue weighted by Gasteiger charge is -2.28. The lowest BCUT2D eigenvalue weighted by Crippen LogP contribution is -2.36. The zero-order valence-corrected chi connectivity index (χ0v) is 10.6. The number of rotatable bonds is 3. The molecule has 0 aromatic carbocycles. The molecule has 0 fully saturated rings. The van der Waals surface area contributed by atoms with Gasteiger partial charge < -0.3 is 5.32 Å². The Balaban J connectivity index is 2.48. The molecule has 1 aromatic heterocycles. The molecule has 1 heterocycles. The van der Waals surface area contributed by atoms with Gasteiger partial charge in [0, 0.05) is 17.5 Å². The summed E-state index contributed by atoms with van der Waals surface area (Å²) < 4.78 is 0. The summed E-state index contributed by atoms with van der Waals surface area (Å²) >= 11 is 1.56. The van der Waals surface area contributed by atoms with Crippen LogP contribution in [0.5, 0.6) is 0 Å². The molecule has 0 saturated carbocycles. The van der Waals surface area contributed by atoms with Gasteiger partial charge in [-0.1, -0.05) is 20.8 Å². The largest absolute Gasteiger partial charge is 0.309 e. The number of hydrogen-bond acceptors (Lipinski definition) is 3. The summed E-state index contributed by atoms with van der Waals surface area (Å²) in [7, 11) is 0. The minimum Gasteiger partial charge on any atom is -0.309 e. The van der Waals surface area contributed by atoms with Gasteiger partial charge in [-0.3, -0.25) is 0 Å². The van der Waals surface area contributed by atoms with Crippen molar-refractivity contribution in [3.63, 3.8) is 0 Å². The monoisotopic (exact) mass is 222 g/mol. The molecule has 1 N–H and O–H groups in total. The first-order valence-electron chi connectivity index (χ1n) is 5.15. The van der Waals surface area contributed by atoms with Gasteiger partial charge in [0.1, 0.15) is 10.9 Å². The normalized spacial score (nSPS) is 13.5. The highest BCUT2D eigenvalue weighted by molar-refractivity contribution is 7.12. The summed E-state index contributed by atoms with van der Waals surface area (Å²) in [6, 6.07) is 6.52. The van der Waals surface area contributed by atoms with E-state index in [0.29, 0.717) is 6.04 Å². The van der Waals surface area contributed by atoms with Gasteiger partial charge >= 0.3 is 0 Å². The third-order valence-corrected chi connectivity index (χ3v) is 3.64. The second-order valence-corrected chi connectivity index (χ2v) is 6.01. The van der Waals surface area contributed by atoms with Crippen molar-refractivity contribution in [3.05, 3.63) is 21.9 Å². The van der Waals surface area contributed by atoms with Crippen molar-refractivity contribution in [1.82, 2.24) is 5.32 Å². The molecule has 2 nitrogen and oxygen atoms in total. The van der Waals surface area contributed by atoms with Crippen molar-refractivity contribution in [2.45, 2.75) is 40.3 Å². The molecule has 15 heavy (non-hydrogen) atoms. The molecular formula is C12H18N2S. The lowest BCUT2D eigenvalue weighted by molar-refractivity contribution is 0.286. The Morgan fingerprint density at radius 2 is 2.13 bits per heavy atom. The molecule has 0 saturated heterocycles. The van der Waals surface area contributed by atoms with Crippen LogP contribution in [-0.4, -0.2) is 6.04 Å². The fourth-order valence-corrected chi connectivity index (χ4v) is 1.85. The Hall–Kier alpha value is -0.850. The van der Waals surface area contributed by atoms with E-state index in [2.05, 4.69) is 39.1 Å². The number of thiophene rings is 1. The molecule has 82 valence electrons. The number of hydrogen-bond donors (Lipinski definition) is 1. The molecule has 1 unspecified atom stereocenters. The summed E-state index contributed by atoms with van der Waals surface area (Å²) in [6.07, 6.45) is 0. The van der Waals surface area contributed by atoms with Crippen molar-refractivity contribution in [1.29, 1.82) is 5.26 Å². The van der Waals surface area contributed by atoms with E-state index in [9.17, 15) is 0 Å². The molecule has 0 bridgehead atoms. The van der Waals surface area contributed by atoms with Crippen molar-refractivity contribution in [2.24, 2.45) is 5.41 Å². The van der Waals surface area contributed by atoms with Crippen LogP contribution in [0.2, 0.25) is 0 Å². The molecule has 1 aromatic rings. The maximum Gasteiger partial charge on any atom is 0.110 e. The van der Waals surface area contributed by atoms with Crippen LogP contribution in [0.4, 0.5) is 0 Å². The molecule has 0 amide bonds. The Bertz CT molecular complexity index is 354. The highest BCUT2D eigenvalue weighted by Gasteiger charge is 2.19. The van der Waals surface area contributed by atoms with E-state index in [1.54, 1.807) is 11.3 Å². The van der Waals surface area contributed by atoms with E-state index >= 15 is 0 Å². The number of nitriles is 1. The summed E-state index contributed by atoms with van der Waals surface area (Å²) in [6.45, 7) is 9.71. The molecule has 0 spiro atoms. The first kappa shape index (κ1) is 12.2. The SMILES string of the molecule is CC(NCc1ccc(C#N)s1)C(C)(C)C. The van der Waals surface area contributed by atoms with Gasteiger partial charge in [-0.25, -0.2) is 0 Å². The molecule has 1 atom stereocenters.